The van der Waals surface area contributed by atoms with Crippen LogP contribution in [-0.4, -0.2) is 51.4 Å². The van der Waals surface area contributed by atoms with E-state index < -0.39 is 37.1 Å². The molecule has 29 heavy (non-hydrogen) atoms. The van der Waals surface area contributed by atoms with Crippen LogP contribution in [0.25, 0.3) is 0 Å². The largest absolute Gasteiger partial charge is 0.394 e. The summed E-state index contributed by atoms with van der Waals surface area (Å²) >= 11 is 0. The van der Waals surface area contributed by atoms with Crippen molar-refractivity contribution in [3.63, 3.8) is 0 Å². The third kappa shape index (κ3) is 4.35. The van der Waals surface area contributed by atoms with Gasteiger partial charge in [-0.05, 0) is 53.6 Å². The monoisotopic (exact) mass is 397 g/mol. The molecule has 1 aliphatic heterocycles. The molecule has 0 saturated carbocycles. The van der Waals surface area contributed by atoms with Crippen LogP contribution in [0.5, 0.6) is 0 Å². The number of benzene rings is 2. The summed E-state index contributed by atoms with van der Waals surface area (Å²) in [6.45, 7) is 3.49. The highest BCUT2D eigenvalue weighted by molar-refractivity contribution is 5.48. The average Bonchev–Trinajstić information content (AvgIpc) is 2.74. The third-order valence-corrected chi connectivity index (χ3v) is 5.70. The van der Waals surface area contributed by atoms with Gasteiger partial charge in [0, 0.05) is 0 Å². The summed E-state index contributed by atoms with van der Waals surface area (Å²) in [7, 11) is 0. The minimum Gasteiger partial charge on any atom is -0.394 e. The summed E-state index contributed by atoms with van der Waals surface area (Å²) in [5.74, 6) is 0. The highest BCUT2D eigenvalue weighted by Crippen LogP contribution is 2.34. The Hall–Kier alpha value is -2.27. The third-order valence-electron chi connectivity index (χ3n) is 5.70. The van der Waals surface area contributed by atoms with E-state index in [0.717, 1.165) is 23.1 Å². The number of aliphatic hydroxyl groups excluding tert-OH is 4. The van der Waals surface area contributed by atoms with Crippen LogP contribution < -0.4 is 0 Å². The minimum atomic E-state index is -1.46. The Balaban J connectivity index is 1.97. The van der Waals surface area contributed by atoms with E-state index in [9.17, 15) is 25.7 Å². The summed E-state index contributed by atoms with van der Waals surface area (Å²) in [4.78, 5) is 0. The van der Waals surface area contributed by atoms with Crippen molar-refractivity contribution < 1.29 is 25.2 Å². The van der Waals surface area contributed by atoms with E-state index in [2.05, 4.69) is 37.3 Å². The molecule has 1 heterocycles. The smallest absolute Gasteiger partial charge is 0.113 e. The van der Waals surface area contributed by atoms with Gasteiger partial charge in [-0.3, -0.25) is 0 Å². The molecular formula is C23H27NO5. The van der Waals surface area contributed by atoms with E-state index in [0.29, 0.717) is 17.5 Å². The van der Waals surface area contributed by atoms with E-state index in [1.165, 1.54) is 5.56 Å². The number of rotatable bonds is 5. The Morgan fingerprint density at radius 1 is 1.00 bits per heavy atom. The second-order valence-corrected chi connectivity index (χ2v) is 7.56. The molecule has 1 saturated heterocycles. The zero-order chi connectivity index (χ0) is 21.1. The van der Waals surface area contributed by atoms with Crippen LogP contribution in [0.1, 0.15) is 46.4 Å². The highest BCUT2D eigenvalue weighted by Gasteiger charge is 2.44. The topological polar surface area (TPSA) is 114 Å². The molecule has 5 atom stereocenters. The predicted octanol–water partition coefficient (Wildman–Crippen LogP) is 1.53. The van der Waals surface area contributed by atoms with E-state index >= 15 is 0 Å². The fourth-order valence-corrected chi connectivity index (χ4v) is 3.75. The van der Waals surface area contributed by atoms with Gasteiger partial charge in [-0.15, -0.1) is 0 Å². The molecule has 2 aromatic rings. The first-order valence-corrected chi connectivity index (χ1v) is 9.81. The van der Waals surface area contributed by atoms with Crippen LogP contribution in [-0.2, 0) is 17.6 Å². The lowest BCUT2D eigenvalue weighted by atomic mass is 9.87. The molecule has 6 nitrogen and oxygen atoms in total. The molecule has 4 N–H and O–H groups in total. The van der Waals surface area contributed by atoms with Gasteiger partial charge in [-0.25, -0.2) is 0 Å². The van der Waals surface area contributed by atoms with Gasteiger partial charge in [0.25, 0.3) is 0 Å². The van der Waals surface area contributed by atoms with Crippen molar-refractivity contribution in [3.8, 4) is 6.07 Å². The van der Waals surface area contributed by atoms with Gasteiger partial charge in [0.05, 0.1) is 18.2 Å². The number of hydrogen-bond acceptors (Lipinski definition) is 6. The Labute approximate surface area is 170 Å². The van der Waals surface area contributed by atoms with E-state index in [1.54, 1.807) is 6.07 Å². The van der Waals surface area contributed by atoms with Gasteiger partial charge in [-0.1, -0.05) is 37.3 Å². The maximum atomic E-state index is 10.4. The molecule has 0 aromatic heterocycles. The van der Waals surface area contributed by atoms with Crippen LogP contribution in [0.3, 0.4) is 0 Å². The maximum Gasteiger partial charge on any atom is 0.113 e. The molecule has 154 valence electrons. The lowest BCUT2D eigenvalue weighted by Gasteiger charge is -2.40. The predicted molar refractivity (Wildman–Crippen MR) is 107 cm³/mol. The molecule has 0 amide bonds. The zero-order valence-electron chi connectivity index (χ0n) is 16.6. The van der Waals surface area contributed by atoms with Crippen LogP contribution in [0.4, 0.5) is 0 Å². The number of aryl methyl sites for hydroxylation is 1. The molecule has 0 spiro atoms. The van der Waals surface area contributed by atoms with Gasteiger partial charge in [0.15, 0.2) is 0 Å². The second-order valence-electron chi connectivity index (χ2n) is 7.56. The summed E-state index contributed by atoms with van der Waals surface area (Å²) < 4.78 is 5.67. The van der Waals surface area contributed by atoms with Crippen molar-refractivity contribution in [1.29, 1.82) is 5.26 Å². The molecule has 1 fully saturated rings. The van der Waals surface area contributed by atoms with Crippen LogP contribution in [0.15, 0.2) is 36.4 Å². The Bertz CT molecular complexity index is 887. The van der Waals surface area contributed by atoms with Crippen LogP contribution in [0.2, 0.25) is 0 Å². The standard InChI is InChI=1S/C23H27NO5/c1-3-14-4-6-15(7-5-14)8-16-9-17(10-18(11-24)13(16)2)23-22(28)21(27)20(26)19(12-25)29-23/h4-7,9-10,19-23,25-28H,3,8,12H2,1-2H3/t19?,20-,21+,22-,23+/m1/s1. The molecule has 6 heteroatoms. The first-order chi connectivity index (χ1) is 13.9. The summed E-state index contributed by atoms with van der Waals surface area (Å²) in [6, 6.07) is 14.0. The normalized spacial score (nSPS) is 26.9. The molecule has 1 unspecified atom stereocenters. The van der Waals surface area contributed by atoms with Gasteiger partial charge < -0.3 is 25.2 Å². The van der Waals surface area contributed by atoms with Crippen LogP contribution in [0, 0.1) is 18.3 Å². The fraction of sp³-hybridized carbons (Fsp3) is 0.435. The fourth-order valence-electron chi connectivity index (χ4n) is 3.75. The molecule has 2 aromatic carbocycles. The van der Waals surface area contributed by atoms with Gasteiger partial charge in [0.2, 0.25) is 0 Å². The molecule has 0 radical (unpaired) electrons. The molecule has 3 rings (SSSR count). The second kappa shape index (κ2) is 9.04. The average molecular weight is 397 g/mol. The van der Waals surface area contributed by atoms with Gasteiger partial charge in [0.1, 0.15) is 30.5 Å². The Morgan fingerprint density at radius 2 is 1.66 bits per heavy atom. The number of hydrogen-bond donors (Lipinski definition) is 4. The number of nitrogens with zero attached hydrogens (tertiary/aromatic N) is 1. The maximum absolute atomic E-state index is 10.4. The molecular weight excluding hydrogens is 370 g/mol. The SMILES string of the molecule is CCc1ccc(Cc2cc([C@@H]3OC(CO)[C@@H](O)[C@H](O)[C@H]3O)cc(C#N)c2C)cc1. The summed E-state index contributed by atoms with van der Waals surface area (Å²) in [5, 5.41) is 49.6. The lowest BCUT2D eigenvalue weighted by Crippen LogP contribution is -2.55. The Kier molecular flexibility index (Phi) is 6.68. The Morgan fingerprint density at radius 3 is 2.24 bits per heavy atom. The number of nitriles is 1. The first kappa shape index (κ1) is 21.4. The molecule has 1 aliphatic rings. The van der Waals surface area contributed by atoms with Crippen molar-refractivity contribution in [2.75, 3.05) is 6.61 Å². The summed E-state index contributed by atoms with van der Waals surface area (Å²) in [6.07, 6.45) is -4.62. The van der Waals surface area contributed by atoms with Crippen molar-refractivity contribution in [3.05, 3.63) is 69.8 Å². The molecule has 0 bridgehead atoms. The quantitative estimate of drug-likeness (QED) is 0.609. The zero-order valence-corrected chi connectivity index (χ0v) is 16.6. The van der Waals surface area contributed by atoms with Crippen LogP contribution >= 0.6 is 0 Å². The minimum absolute atomic E-state index is 0.458. The van der Waals surface area contributed by atoms with E-state index in [1.807, 2.05) is 13.0 Å². The van der Waals surface area contributed by atoms with Crippen molar-refractivity contribution >= 4 is 0 Å². The van der Waals surface area contributed by atoms with Crippen molar-refractivity contribution in [1.82, 2.24) is 0 Å². The van der Waals surface area contributed by atoms with Crippen molar-refractivity contribution in [2.24, 2.45) is 0 Å². The highest BCUT2D eigenvalue weighted by atomic mass is 16.5. The van der Waals surface area contributed by atoms with Crippen molar-refractivity contribution in [2.45, 2.75) is 57.2 Å². The molecule has 0 aliphatic carbocycles. The first-order valence-electron chi connectivity index (χ1n) is 9.81. The van der Waals surface area contributed by atoms with E-state index in [4.69, 9.17) is 4.74 Å². The lowest BCUT2D eigenvalue weighted by molar-refractivity contribution is -0.231. The van der Waals surface area contributed by atoms with Gasteiger partial charge in [-0.2, -0.15) is 5.26 Å². The number of ether oxygens (including phenoxy) is 1. The number of aliphatic hydroxyl groups is 4. The van der Waals surface area contributed by atoms with E-state index in [-0.39, 0.29) is 0 Å². The summed E-state index contributed by atoms with van der Waals surface area (Å²) in [5.41, 5.74) is 5.10. The van der Waals surface area contributed by atoms with Gasteiger partial charge >= 0.3 is 0 Å².